The van der Waals surface area contributed by atoms with Crippen LogP contribution in [0.1, 0.15) is 34.8 Å². The van der Waals surface area contributed by atoms with Crippen molar-refractivity contribution in [3.8, 4) is 0 Å². The van der Waals surface area contributed by atoms with Gasteiger partial charge in [-0.05, 0) is 55.6 Å². The van der Waals surface area contributed by atoms with E-state index in [1.807, 2.05) is 12.1 Å². The van der Waals surface area contributed by atoms with Crippen LogP contribution in [0.3, 0.4) is 0 Å². The highest BCUT2D eigenvalue weighted by Gasteiger charge is 2.27. The zero-order valence-corrected chi connectivity index (χ0v) is 15.1. The molecule has 0 amide bonds. The minimum Gasteiger partial charge on any atom is -0.465 e. The van der Waals surface area contributed by atoms with E-state index in [1.54, 1.807) is 18.5 Å². The van der Waals surface area contributed by atoms with E-state index in [-0.39, 0.29) is 17.3 Å². The maximum absolute atomic E-state index is 12.2. The maximum Gasteiger partial charge on any atom is 0.340 e. The molecule has 1 aliphatic rings. The smallest absolute Gasteiger partial charge is 0.340 e. The molecule has 1 unspecified atom stereocenters. The lowest BCUT2D eigenvalue weighted by molar-refractivity contribution is -0.384. The molecule has 1 aromatic heterocycles. The van der Waals surface area contributed by atoms with Crippen LogP contribution in [0.5, 0.6) is 0 Å². The molecule has 1 fully saturated rings. The predicted octanol–water partition coefficient (Wildman–Crippen LogP) is 2.93. The lowest BCUT2D eigenvalue weighted by Crippen LogP contribution is -2.33. The van der Waals surface area contributed by atoms with Crippen LogP contribution in [0.4, 0.5) is 11.4 Å². The number of nitrogens with one attached hydrogen (secondary N) is 2. The Morgan fingerprint density at radius 1 is 1.30 bits per heavy atom. The summed E-state index contributed by atoms with van der Waals surface area (Å²) >= 11 is 0. The Bertz CT molecular complexity index is 807. The van der Waals surface area contributed by atoms with Crippen molar-refractivity contribution in [3.05, 3.63) is 64.0 Å². The average molecular weight is 370 g/mol. The molecule has 0 aliphatic carbocycles. The van der Waals surface area contributed by atoms with Crippen molar-refractivity contribution in [1.29, 1.82) is 0 Å². The van der Waals surface area contributed by atoms with E-state index in [0.717, 1.165) is 31.5 Å². The van der Waals surface area contributed by atoms with Crippen LogP contribution in [-0.4, -0.2) is 36.1 Å². The van der Waals surface area contributed by atoms with E-state index in [0.29, 0.717) is 11.6 Å². The highest BCUT2D eigenvalue weighted by molar-refractivity contribution is 5.96. The Balaban J connectivity index is 1.97. The molecule has 1 aromatic carbocycles. The van der Waals surface area contributed by atoms with Gasteiger partial charge in [0.15, 0.2) is 0 Å². The summed E-state index contributed by atoms with van der Waals surface area (Å²) in [6, 6.07) is 8.06. The van der Waals surface area contributed by atoms with Gasteiger partial charge >= 0.3 is 5.97 Å². The van der Waals surface area contributed by atoms with Gasteiger partial charge in [-0.25, -0.2) is 4.79 Å². The maximum atomic E-state index is 12.2. The molecule has 8 heteroatoms. The lowest BCUT2D eigenvalue weighted by Gasteiger charge is -2.32. The summed E-state index contributed by atoms with van der Waals surface area (Å²) in [5.41, 5.74) is 1.59. The number of esters is 1. The summed E-state index contributed by atoms with van der Waals surface area (Å²) in [5, 5.41) is 17.9. The summed E-state index contributed by atoms with van der Waals surface area (Å²) in [6.45, 7) is 1.86. The van der Waals surface area contributed by atoms with Gasteiger partial charge in [0.1, 0.15) is 0 Å². The number of ether oxygens (including phenoxy) is 1. The van der Waals surface area contributed by atoms with E-state index >= 15 is 0 Å². The van der Waals surface area contributed by atoms with Crippen molar-refractivity contribution in [1.82, 2.24) is 10.3 Å². The van der Waals surface area contributed by atoms with Crippen LogP contribution < -0.4 is 10.6 Å². The fourth-order valence-electron chi connectivity index (χ4n) is 3.44. The molecule has 1 aliphatic heterocycles. The van der Waals surface area contributed by atoms with Gasteiger partial charge in [-0.3, -0.25) is 15.1 Å². The molecule has 142 valence electrons. The van der Waals surface area contributed by atoms with Crippen LogP contribution >= 0.6 is 0 Å². The van der Waals surface area contributed by atoms with E-state index in [9.17, 15) is 14.9 Å². The first-order valence-corrected chi connectivity index (χ1v) is 8.84. The first-order valence-electron chi connectivity index (χ1n) is 8.84. The van der Waals surface area contributed by atoms with Gasteiger partial charge in [0, 0.05) is 30.2 Å². The number of rotatable bonds is 6. The van der Waals surface area contributed by atoms with Crippen molar-refractivity contribution in [2.75, 3.05) is 25.5 Å². The Morgan fingerprint density at radius 2 is 2.00 bits per heavy atom. The largest absolute Gasteiger partial charge is 0.465 e. The molecule has 3 rings (SSSR count). The van der Waals surface area contributed by atoms with Gasteiger partial charge < -0.3 is 15.4 Å². The Labute approximate surface area is 157 Å². The molecule has 0 radical (unpaired) electrons. The third-order valence-electron chi connectivity index (χ3n) is 4.85. The zero-order chi connectivity index (χ0) is 19.2. The first-order chi connectivity index (χ1) is 13.1. The molecular weight excluding hydrogens is 348 g/mol. The third-order valence-corrected chi connectivity index (χ3v) is 4.85. The SMILES string of the molecule is COC(=O)c1cc([N+](=O)[O-])ccc1NC(c1ccncc1)C1CCNCC1. The van der Waals surface area contributed by atoms with Crippen LogP contribution in [0.25, 0.3) is 0 Å². The second kappa shape index (κ2) is 8.59. The number of hydrogen-bond acceptors (Lipinski definition) is 7. The summed E-state index contributed by atoms with van der Waals surface area (Å²) < 4.78 is 4.82. The van der Waals surface area contributed by atoms with E-state index in [1.165, 1.54) is 19.2 Å². The molecule has 0 bridgehead atoms. The number of aromatic nitrogens is 1. The van der Waals surface area contributed by atoms with E-state index in [4.69, 9.17) is 4.74 Å². The van der Waals surface area contributed by atoms with Crippen molar-refractivity contribution in [2.24, 2.45) is 5.92 Å². The monoisotopic (exact) mass is 370 g/mol. The van der Waals surface area contributed by atoms with Gasteiger partial charge in [-0.15, -0.1) is 0 Å². The molecule has 27 heavy (non-hydrogen) atoms. The van der Waals surface area contributed by atoms with Crippen LogP contribution in [-0.2, 0) is 4.74 Å². The van der Waals surface area contributed by atoms with Gasteiger partial charge in [0.05, 0.1) is 23.6 Å². The standard InChI is InChI=1S/C19H22N4O4/c1-27-19(24)16-12-15(23(25)26)2-3-17(16)22-18(13-4-8-20-9-5-13)14-6-10-21-11-7-14/h2-5,8-9,12,14,18,21-22H,6-7,10-11H2,1H3. The third kappa shape index (κ3) is 4.40. The number of pyridine rings is 1. The van der Waals surface area contributed by atoms with Crippen molar-refractivity contribution < 1.29 is 14.5 Å². The second-order valence-corrected chi connectivity index (χ2v) is 6.47. The van der Waals surface area contributed by atoms with Crippen molar-refractivity contribution in [2.45, 2.75) is 18.9 Å². The minimum atomic E-state index is -0.611. The molecule has 2 heterocycles. The fourth-order valence-corrected chi connectivity index (χ4v) is 3.44. The predicted molar refractivity (Wildman–Crippen MR) is 101 cm³/mol. The van der Waals surface area contributed by atoms with E-state index in [2.05, 4.69) is 15.6 Å². The van der Waals surface area contributed by atoms with Gasteiger partial charge in [-0.2, -0.15) is 0 Å². The number of nitro groups is 1. The summed E-state index contributed by atoms with van der Waals surface area (Å²) in [4.78, 5) is 26.8. The number of carbonyl (C=O) groups is 1. The van der Waals surface area contributed by atoms with Gasteiger partial charge in [-0.1, -0.05) is 0 Å². The highest BCUT2D eigenvalue weighted by Crippen LogP contribution is 2.34. The molecule has 2 N–H and O–H groups in total. The average Bonchev–Trinajstić information content (AvgIpc) is 2.72. The molecule has 0 spiro atoms. The number of benzene rings is 1. The first kappa shape index (κ1) is 18.8. The van der Waals surface area contributed by atoms with Crippen LogP contribution in [0.2, 0.25) is 0 Å². The number of nitrogens with zero attached hydrogens (tertiary/aromatic N) is 2. The topological polar surface area (TPSA) is 106 Å². The van der Waals surface area contributed by atoms with Crippen LogP contribution in [0, 0.1) is 16.0 Å². The number of carbonyl (C=O) groups excluding carboxylic acids is 1. The number of hydrogen-bond donors (Lipinski definition) is 2. The number of nitro benzene ring substituents is 1. The normalized spacial score (nSPS) is 15.7. The van der Waals surface area contributed by atoms with E-state index < -0.39 is 10.9 Å². The minimum absolute atomic E-state index is 0.0417. The summed E-state index contributed by atoms with van der Waals surface area (Å²) in [5.74, 6) is -0.255. The lowest BCUT2D eigenvalue weighted by atomic mass is 9.86. The number of non-ortho nitro benzene ring substituents is 1. The highest BCUT2D eigenvalue weighted by atomic mass is 16.6. The van der Waals surface area contributed by atoms with Crippen molar-refractivity contribution >= 4 is 17.3 Å². The number of anilines is 1. The Kier molecular flexibility index (Phi) is 5.97. The fraction of sp³-hybridized carbons (Fsp3) is 0.368. The molecule has 1 atom stereocenters. The number of methoxy groups -OCH3 is 1. The molecule has 2 aromatic rings. The number of piperidine rings is 1. The molecule has 1 saturated heterocycles. The second-order valence-electron chi connectivity index (χ2n) is 6.47. The molecule has 0 saturated carbocycles. The summed E-state index contributed by atoms with van der Waals surface area (Å²) in [7, 11) is 1.26. The molecule has 8 nitrogen and oxygen atoms in total. The zero-order valence-electron chi connectivity index (χ0n) is 15.1. The summed E-state index contributed by atoms with van der Waals surface area (Å²) in [6.07, 6.45) is 5.45. The van der Waals surface area contributed by atoms with Crippen LogP contribution in [0.15, 0.2) is 42.7 Å². The Hall–Kier alpha value is -3.00. The van der Waals surface area contributed by atoms with Gasteiger partial charge in [0.2, 0.25) is 0 Å². The molecular formula is C19H22N4O4. The Morgan fingerprint density at radius 3 is 2.63 bits per heavy atom. The van der Waals surface area contributed by atoms with Gasteiger partial charge in [0.25, 0.3) is 5.69 Å². The quantitative estimate of drug-likeness (QED) is 0.457. The van der Waals surface area contributed by atoms with Crippen molar-refractivity contribution in [3.63, 3.8) is 0 Å².